The van der Waals surface area contributed by atoms with E-state index in [0.29, 0.717) is 15.9 Å². The van der Waals surface area contributed by atoms with E-state index >= 15 is 0 Å². The molecule has 0 aliphatic heterocycles. The van der Waals surface area contributed by atoms with E-state index in [-0.39, 0.29) is 11.9 Å². The zero-order valence-corrected chi connectivity index (χ0v) is 14.5. The van der Waals surface area contributed by atoms with Crippen molar-refractivity contribution in [3.05, 3.63) is 29.8 Å². The van der Waals surface area contributed by atoms with E-state index in [1.165, 1.54) is 0 Å². The van der Waals surface area contributed by atoms with Crippen molar-refractivity contribution >= 4 is 21.6 Å². The van der Waals surface area contributed by atoms with Crippen molar-refractivity contribution in [1.29, 1.82) is 0 Å². The number of alkyl halides is 1. The molecule has 0 aromatic heterocycles. The van der Waals surface area contributed by atoms with Crippen LogP contribution in [-0.4, -0.2) is 25.8 Å². The maximum atomic E-state index is 12.8. The molecule has 21 heavy (non-hydrogen) atoms. The van der Waals surface area contributed by atoms with Crippen molar-refractivity contribution in [2.24, 2.45) is 5.41 Å². The van der Waals surface area contributed by atoms with Crippen molar-refractivity contribution in [3.63, 3.8) is 0 Å². The summed E-state index contributed by atoms with van der Waals surface area (Å²) in [6.07, 6.45) is 3.97. The van der Waals surface area contributed by atoms with Crippen molar-refractivity contribution in [2.45, 2.75) is 56.3 Å². The van der Waals surface area contributed by atoms with Crippen LogP contribution >= 0.6 is 11.6 Å². The Bertz CT molecular complexity index is 588. The summed E-state index contributed by atoms with van der Waals surface area (Å²) in [5.74, 6) is 0.209. The standard InChI is InChI=1S/C16H24ClNO2S/c1-16(2)10-8-14(9-11-16)18(3)21(19,20)15-7-5-4-6-13(15)12-17/h4-7,14H,8-12H2,1-3H3. The third-order valence-corrected chi connectivity index (χ3v) is 6.89. The summed E-state index contributed by atoms with van der Waals surface area (Å²) in [5, 5.41) is 0. The molecular weight excluding hydrogens is 306 g/mol. The van der Waals surface area contributed by atoms with E-state index in [2.05, 4.69) is 13.8 Å². The zero-order chi connectivity index (χ0) is 15.7. The second-order valence-corrected chi connectivity index (χ2v) is 8.89. The Morgan fingerprint density at radius 2 is 1.81 bits per heavy atom. The van der Waals surface area contributed by atoms with E-state index in [1.807, 2.05) is 6.07 Å². The predicted molar refractivity (Wildman–Crippen MR) is 87.0 cm³/mol. The summed E-state index contributed by atoms with van der Waals surface area (Å²) in [6, 6.07) is 7.08. The van der Waals surface area contributed by atoms with Gasteiger partial charge in [-0.1, -0.05) is 32.0 Å². The lowest BCUT2D eigenvalue weighted by Gasteiger charge is -2.38. The number of halogens is 1. The Balaban J connectivity index is 2.23. The van der Waals surface area contributed by atoms with E-state index in [4.69, 9.17) is 11.6 Å². The Hall–Kier alpha value is -0.580. The minimum atomic E-state index is -3.47. The van der Waals surface area contributed by atoms with Crippen LogP contribution in [0.15, 0.2) is 29.2 Å². The summed E-state index contributed by atoms with van der Waals surface area (Å²) in [4.78, 5) is 0.340. The van der Waals surface area contributed by atoms with Gasteiger partial charge in [0, 0.05) is 19.0 Å². The average molecular weight is 330 g/mol. The van der Waals surface area contributed by atoms with Crippen LogP contribution in [0.25, 0.3) is 0 Å². The van der Waals surface area contributed by atoms with Crippen LogP contribution < -0.4 is 0 Å². The fourth-order valence-corrected chi connectivity index (χ4v) is 4.91. The smallest absolute Gasteiger partial charge is 0.207 e. The normalized spacial score (nSPS) is 19.9. The summed E-state index contributed by atoms with van der Waals surface area (Å²) in [7, 11) is -1.77. The van der Waals surface area contributed by atoms with Gasteiger partial charge in [-0.25, -0.2) is 8.42 Å². The molecule has 3 nitrogen and oxygen atoms in total. The van der Waals surface area contributed by atoms with Gasteiger partial charge in [-0.15, -0.1) is 11.6 Å². The minimum Gasteiger partial charge on any atom is -0.207 e. The van der Waals surface area contributed by atoms with Crippen molar-refractivity contribution in [3.8, 4) is 0 Å². The molecule has 2 rings (SSSR count). The molecule has 0 atom stereocenters. The average Bonchev–Trinajstić information content (AvgIpc) is 2.46. The number of nitrogens with zero attached hydrogens (tertiary/aromatic N) is 1. The van der Waals surface area contributed by atoms with Crippen molar-refractivity contribution in [1.82, 2.24) is 4.31 Å². The second kappa shape index (κ2) is 6.27. The Morgan fingerprint density at radius 1 is 1.24 bits per heavy atom. The molecule has 0 bridgehead atoms. The third kappa shape index (κ3) is 3.61. The summed E-state index contributed by atoms with van der Waals surface area (Å²) in [5.41, 5.74) is 0.997. The van der Waals surface area contributed by atoms with Gasteiger partial charge in [0.2, 0.25) is 10.0 Å². The van der Waals surface area contributed by atoms with E-state index in [9.17, 15) is 8.42 Å². The maximum Gasteiger partial charge on any atom is 0.243 e. The SMILES string of the molecule is CN(C1CCC(C)(C)CC1)S(=O)(=O)c1ccccc1CCl. The van der Waals surface area contributed by atoms with Crippen LogP contribution in [0.5, 0.6) is 0 Å². The van der Waals surface area contributed by atoms with Gasteiger partial charge in [0.25, 0.3) is 0 Å². The molecule has 0 N–H and O–H groups in total. The Kier molecular flexibility index (Phi) is 5.01. The second-order valence-electron chi connectivity index (χ2n) is 6.66. The fourth-order valence-electron chi connectivity index (χ4n) is 2.96. The van der Waals surface area contributed by atoms with Gasteiger partial charge in [-0.3, -0.25) is 0 Å². The van der Waals surface area contributed by atoms with Gasteiger partial charge in [0.05, 0.1) is 4.90 Å². The number of rotatable bonds is 4. The van der Waals surface area contributed by atoms with Crippen molar-refractivity contribution in [2.75, 3.05) is 7.05 Å². The largest absolute Gasteiger partial charge is 0.243 e. The van der Waals surface area contributed by atoms with Crippen LogP contribution in [0.4, 0.5) is 0 Å². The lowest BCUT2D eigenvalue weighted by atomic mass is 9.76. The monoisotopic (exact) mass is 329 g/mol. The first kappa shape index (κ1) is 16.8. The molecule has 118 valence electrons. The highest BCUT2D eigenvalue weighted by atomic mass is 35.5. The number of hydrogen-bond donors (Lipinski definition) is 0. The van der Waals surface area contributed by atoms with Gasteiger partial charge >= 0.3 is 0 Å². The quantitative estimate of drug-likeness (QED) is 0.782. The van der Waals surface area contributed by atoms with Crippen LogP contribution in [0.2, 0.25) is 0 Å². The fraction of sp³-hybridized carbons (Fsp3) is 0.625. The van der Waals surface area contributed by atoms with Gasteiger partial charge in [0.1, 0.15) is 0 Å². The Morgan fingerprint density at radius 3 is 2.38 bits per heavy atom. The summed E-state index contributed by atoms with van der Waals surface area (Å²) in [6.45, 7) is 4.50. The van der Waals surface area contributed by atoms with Gasteiger partial charge in [0.15, 0.2) is 0 Å². The summed E-state index contributed by atoms with van der Waals surface area (Å²) >= 11 is 5.88. The Labute approximate surface area is 133 Å². The van der Waals surface area contributed by atoms with Crippen LogP contribution in [0.1, 0.15) is 45.1 Å². The van der Waals surface area contributed by atoms with Crippen LogP contribution in [0, 0.1) is 5.41 Å². The molecule has 0 saturated heterocycles. The molecule has 1 fully saturated rings. The van der Waals surface area contributed by atoms with E-state index in [0.717, 1.165) is 25.7 Å². The lowest BCUT2D eigenvalue weighted by Crippen LogP contribution is -2.41. The highest BCUT2D eigenvalue weighted by Crippen LogP contribution is 2.38. The van der Waals surface area contributed by atoms with Crippen LogP contribution in [-0.2, 0) is 15.9 Å². The predicted octanol–water partition coefficient (Wildman–Crippen LogP) is 4.01. The zero-order valence-electron chi connectivity index (χ0n) is 13.0. The van der Waals surface area contributed by atoms with Gasteiger partial charge in [-0.05, 0) is 42.7 Å². The molecule has 0 spiro atoms. The van der Waals surface area contributed by atoms with Gasteiger partial charge in [-0.2, -0.15) is 4.31 Å². The number of benzene rings is 1. The molecule has 0 unspecified atom stereocenters. The van der Waals surface area contributed by atoms with Crippen molar-refractivity contribution < 1.29 is 8.42 Å². The number of sulfonamides is 1. The molecule has 1 aliphatic carbocycles. The van der Waals surface area contributed by atoms with E-state index in [1.54, 1.807) is 29.6 Å². The maximum absolute atomic E-state index is 12.8. The molecule has 5 heteroatoms. The lowest BCUT2D eigenvalue weighted by molar-refractivity contribution is 0.174. The highest BCUT2D eigenvalue weighted by Gasteiger charge is 2.34. The molecule has 0 radical (unpaired) electrons. The molecular formula is C16H24ClNO2S. The molecule has 0 amide bonds. The minimum absolute atomic E-state index is 0.0893. The van der Waals surface area contributed by atoms with Gasteiger partial charge < -0.3 is 0 Å². The van der Waals surface area contributed by atoms with Crippen LogP contribution in [0.3, 0.4) is 0 Å². The first-order valence-electron chi connectivity index (χ1n) is 7.40. The third-order valence-electron chi connectivity index (χ3n) is 4.60. The topological polar surface area (TPSA) is 37.4 Å². The molecule has 0 heterocycles. The first-order valence-corrected chi connectivity index (χ1v) is 9.37. The molecule has 1 aromatic rings. The highest BCUT2D eigenvalue weighted by molar-refractivity contribution is 7.89. The molecule has 1 aliphatic rings. The number of hydrogen-bond acceptors (Lipinski definition) is 2. The molecule has 1 saturated carbocycles. The molecule has 1 aromatic carbocycles. The summed E-state index contributed by atoms with van der Waals surface area (Å²) < 4.78 is 27.2. The van der Waals surface area contributed by atoms with E-state index < -0.39 is 10.0 Å². The first-order chi connectivity index (χ1) is 9.78.